The molecule has 0 aliphatic rings. The zero-order valence-electron chi connectivity index (χ0n) is 13.1. The Morgan fingerprint density at radius 1 is 0.905 bits per heavy atom. The number of hydrogen-bond donors (Lipinski definition) is 2. The molecular formula is C16H29NO4. The maximum absolute atomic E-state index is 11.0. The second-order valence-corrected chi connectivity index (χ2v) is 5.17. The summed E-state index contributed by atoms with van der Waals surface area (Å²) in [6.45, 7) is 2.83. The van der Waals surface area contributed by atoms with Gasteiger partial charge in [-0.1, -0.05) is 64.7 Å². The van der Waals surface area contributed by atoms with Crippen LogP contribution in [-0.2, 0) is 14.4 Å². The average molecular weight is 299 g/mol. The molecule has 0 bridgehead atoms. The van der Waals surface area contributed by atoms with Crippen molar-refractivity contribution in [3.05, 3.63) is 12.2 Å². The van der Waals surface area contributed by atoms with E-state index in [1.54, 1.807) is 0 Å². The lowest BCUT2D eigenvalue weighted by molar-refractivity contribution is -0.145. The molecule has 0 aromatic heterocycles. The topological polar surface area (TPSA) is 75.6 Å². The number of unbranched alkanes of at least 4 members (excludes halogenated alkanes) is 9. The van der Waals surface area contributed by atoms with Gasteiger partial charge in [0.05, 0.1) is 0 Å². The highest BCUT2D eigenvalue weighted by atomic mass is 16.7. The van der Waals surface area contributed by atoms with Gasteiger partial charge in [0.15, 0.2) is 0 Å². The molecular weight excluding hydrogens is 270 g/mol. The molecule has 21 heavy (non-hydrogen) atoms. The van der Waals surface area contributed by atoms with Crippen molar-refractivity contribution in [2.75, 3.05) is 6.54 Å². The lowest BCUT2D eigenvalue weighted by Crippen LogP contribution is -2.19. The van der Waals surface area contributed by atoms with Crippen molar-refractivity contribution in [3.63, 3.8) is 0 Å². The number of nitrogens with one attached hydrogen (secondary N) is 1. The van der Waals surface area contributed by atoms with Gasteiger partial charge in [-0.05, 0) is 6.42 Å². The van der Waals surface area contributed by atoms with E-state index in [9.17, 15) is 9.59 Å². The van der Waals surface area contributed by atoms with Crippen molar-refractivity contribution in [1.82, 2.24) is 5.48 Å². The summed E-state index contributed by atoms with van der Waals surface area (Å²) in [4.78, 5) is 25.8. The first-order valence-electron chi connectivity index (χ1n) is 8.01. The third-order valence-corrected chi connectivity index (χ3v) is 3.17. The minimum atomic E-state index is -1.17. The van der Waals surface area contributed by atoms with E-state index in [4.69, 9.17) is 5.11 Å². The Bertz CT molecular complexity index is 303. The van der Waals surface area contributed by atoms with E-state index in [-0.39, 0.29) is 0 Å². The molecule has 5 heteroatoms. The summed E-state index contributed by atoms with van der Waals surface area (Å²) < 4.78 is 0. The molecule has 0 aliphatic heterocycles. The van der Waals surface area contributed by atoms with E-state index in [1.165, 1.54) is 51.4 Å². The van der Waals surface area contributed by atoms with Crippen molar-refractivity contribution < 1.29 is 19.5 Å². The Labute approximate surface area is 127 Å². The van der Waals surface area contributed by atoms with E-state index in [1.807, 2.05) is 0 Å². The van der Waals surface area contributed by atoms with Gasteiger partial charge in [0.1, 0.15) is 0 Å². The molecule has 0 saturated carbocycles. The van der Waals surface area contributed by atoms with Crippen LogP contribution in [0.4, 0.5) is 0 Å². The van der Waals surface area contributed by atoms with Crippen molar-refractivity contribution in [2.24, 2.45) is 0 Å². The van der Waals surface area contributed by atoms with Gasteiger partial charge in [-0.2, -0.15) is 5.48 Å². The van der Waals surface area contributed by atoms with E-state index >= 15 is 0 Å². The fourth-order valence-corrected chi connectivity index (χ4v) is 1.98. The monoisotopic (exact) mass is 299 g/mol. The number of carbonyl (C=O) groups excluding carboxylic acids is 1. The minimum absolute atomic E-state index is 0.600. The maximum atomic E-state index is 11.0. The van der Waals surface area contributed by atoms with Crippen molar-refractivity contribution in [2.45, 2.75) is 71.1 Å². The van der Waals surface area contributed by atoms with Crippen LogP contribution in [0, 0.1) is 0 Å². The van der Waals surface area contributed by atoms with E-state index < -0.39 is 11.9 Å². The van der Waals surface area contributed by atoms with Gasteiger partial charge in [0.25, 0.3) is 0 Å². The summed E-state index contributed by atoms with van der Waals surface area (Å²) in [7, 11) is 0. The minimum Gasteiger partial charge on any atom is -0.478 e. The summed E-state index contributed by atoms with van der Waals surface area (Å²) in [5.74, 6) is -1.86. The van der Waals surface area contributed by atoms with Crippen LogP contribution in [0.1, 0.15) is 71.1 Å². The number of rotatable bonds is 14. The SMILES string of the molecule is CCCCCCCCCCCCNOC(=O)/C=C/C(=O)O. The summed E-state index contributed by atoms with van der Waals surface area (Å²) in [5.41, 5.74) is 2.54. The number of carboxylic acid groups (broad SMARTS) is 1. The number of hydroxylamine groups is 1. The highest BCUT2D eigenvalue weighted by Gasteiger charge is 1.98. The summed E-state index contributed by atoms with van der Waals surface area (Å²) in [6, 6.07) is 0. The number of carbonyl (C=O) groups is 2. The van der Waals surface area contributed by atoms with Crippen molar-refractivity contribution >= 4 is 11.9 Å². The molecule has 0 radical (unpaired) electrons. The van der Waals surface area contributed by atoms with E-state index in [2.05, 4.69) is 17.2 Å². The molecule has 5 nitrogen and oxygen atoms in total. The van der Waals surface area contributed by atoms with Gasteiger partial charge >= 0.3 is 11.9 Å². The van der Waals surface area contributed by atoms with E-state index in [0.717, 1.165) is 25.0 Å². The van der Waals surface area contributed by atoms with Gasteiger partial charge in [-0.15, -0.1) is 0 Å². The molecule has 0 atom stereocenters. The number of carboxylic acids is 1. The van der Waals surface area contributed by atoms with Crippen LogP contribution in [0.2, 0.25) is 0 Å². The predicted molar refractivity (Wildman–Crippen MR) is 82.7 cm³/mol. The molecule has 0 amide bonds. The molecule has 122 valence electrons. The van der Waals surface area contributed by atoms with Crippen LogP contribution in [0.3, 0.4) is 0 Å². The lowest BCUT2D eigenvalue weighted by atomic mass is 10.1. The maximum Gasteiger partial charge on any atom is 0.349 e. The molecule has 0 aromatic carbocycles. The van der Waals surface area contributed by atoms with Gasteiger partial charge < -0.3 is 9.94 Å². The molecule has 2 N–H and O–H groups in total. The first-order chi connectivity index (χ1) is 10.2. The third kappa shape index (κ3) is 16.6. The highest BCUT2D eigenvalue weighted by Crippen LogP contribution is 2.10. The zero-order valence-corrected chi connectivity index (χ0v) is 13.1. The van der Waals surface area contributed by atoms with Crippen LogP contribution in [0.25, 0.3) is 0 Å². The van der Waals surface area contributed by atoms with Gasteiger partial charge in [0.2, 0.25) is 0 Å². The molecule has 0 aliphatic carbocycles. The Balaban J connectivity index is 3.19. The van der Waals surface area contributed by atoms with Crippen molar-refractivity contribution in [3.8, 4) is 0 Å². The summed E-state index contributed by atoms with van der Waals surface area (Å²) in [5, 5.41) is 8.32. The van der Waals surface area contributed by atoms with Crippen LogP contribution >= 0.6 is 0 Å². The number of aliphatic carboxylic acids is 1. The van der Waals surface area contributed by atoms with Gasteiger partial charge in [-0.3, -0.25) is 0 Å². The van der Waals surface area contributed by atoms with Crippen LogP contribution in [0.5, 0.6) is 0 Å². The average Bonchev–Trinajstić information content (AvgIpc) is 2.46. The van der Waals surface area contributed by atoms with Crippen molar-refractivity contribution in [1.29, 1.82) is 0 Å². The molecule has 0 aromatic rings. The van der Waals surface area contributed by atoms with Crippen LogP contribution in [-0.4, -0.2) is 23.6 Å². The molecule has 0 saturated heterocycles. The normalized spacial score (nSPS) is 10.9. The smallest absolute Gasteiger partial charge is 0.349 e. The Morgan fingerprint density at radius 3 is 1.95 bits per heavy atom. The fraction of sp³-hybridized carbons (Fsp3) is 0.750. The molecule has 0 rings (SSSR count). The Morgan fingerprint density at radius 2 is 1.43 bits per heavy atom. The zero-order chi connectivity index (χ0) is 15.8. The summed E-state index contributed by atoms with van der Waals surface area (Å²) >= 11 is 0. The number of hydrogen-bond acceptors (Lipinski definition) is 4. The standard InChI is InChI=1S/C16H29NO4/c1-2-3-4-5-6-7-8-9-10-11-14-17-21-16(20)13-12-15(18)19/h12-13,17H,2-11,14H2,1H3,(H,18,19)/b13-12+. The fourth-order valence-electron chi connectivity index (χ4n) is 1.98. The van der Waals surface area contributed by atoms with Gasteiger partial charge in [0, 0.05) is 18.7 Å². The molecule has 0 heterocycles. The third-order valence-electron chi connectivity index (χ3n) is 3.17. The molecule has 0 fully saturated rings. The first kappa shape index (κ1) is 19.6. The second-order valence-electron chi connectivity index (χ2n) is 5.17. The van der Waals surface area contributed by atoms with Gasteiger partial charge in [-0.25, -0.2) is 9.59 Å². The molecule has 0 unspecified atom stereocenters. The van der Waals surface area contributed by atoms with Crippen LogP contribution < -0.4 is 5.48 Å². The van der Waals surface area contributed by atoms with E-state index in [0.29, 0.717) is 6.54 Å². The Kier molecular flexibility index (Phi) is 14.1. The van der Waals surface area contributed by atoms with Crippen LogP contribution in [0.15, 0.2) is 12.2 Å². The highest BCUT2D eigenvalue weighted by molar-refractivity contribution is 5.90. The largest absolute Gasteiger partial charge is 0.478 e. The first-order valence-corrected chi connectivity index (χ1v) is 8.01. The quantitative estimate of drug-likeness (QED) is 0.291. The second kappa shape index (κ2) is 15.0. The predicted octanol–water partition coefficient (Wildman–Crippen LogP) is 3.60. The molecule has 0 spiro atoms. The summed E-state index contributed by atoms with van der Waals surface area (Å²) in [6.07, 6.45) is 14.2. The Hall–Kier alpha value is -1.36. The lowest BCUT2D eigenvalue weighted by Gasteiger charge is -2.04.